The van der Waals surface area contributed by atoms with Gasteiger partial charge in [0, 0.05) is 29.9 Å². The van der Waals surface area contributed by atoms with Crippen LogP contribution in [0.25, 0.3) is 22.2 Å². The Morgan fingerprint density at radius 1 is 1.04 bits per heavy atom. The minimum atomic E-state index is -0.290. The van der Waals surface area contributed by atoms with Gasteiger partial charge in [-0.05, 0) is 29.8 Å². The van der Waals surface area contributed by atoms with Crippen LogP contribution in [-0.4, -0.2) is 16.0 Å². The average Bonchev–Trinajstić information content (AvgIpc) is 3.22. The van der Waals surface area contributed by atoms with E-state index in [0.29, 0.717) is 12.2 Å². The van der Waals surface area contributed by atoms with Crippen molar-refractivity contribution >= 4 is 22.6 Å². The highest BCUT2D eigenvalue weighted by Crippen LogP contribution is 2.20. The normalized spacial score (nSPS) is 10.6. The van der Waals surface area contributed by atoms with Crippen LogP contribution in [0.4, 0.5) is 10.5 Å². The molecule has 0 aliphatic heterocycles. The Kier molecular flexibility index (Phi) is 4.30. The van der Waals surface area contributed by atoms with Crippen LogP contribution < -0.4 is 10.6 Å². The molecular formula is C20H16N4O2. The summed E-state index contributed by atoms with van der Waals surface area (Å²) in [5.41, 5.74) is 4.09. The SMILES string of the molecule is O=C(NCc1ccc(-c2ccoc2)nc1)Nc1cccc2cccnc12. The van der Waals surface area contributed by atoms with Gasteiger partial charge in [0.1, 0.15) is 0 Å². The number of para-hydroxylation sites is 1. The first kappa shape index (κ1) is 15.8. The number of hydrogen-bond donors (Lipinski definition) is 2. The third-order valence-corrected chi connectivity index (χ3v) is 3.98. The lowest BCUT2D eigenvalue weighted by Gasteiger charge is -2.09. The number of amides is 2. The number of hydrogen-bond acceptors (Lipinski definition) is 4. The molecule has 0 aliphatic carbocycles. The fourth-order valence-corrected chi connectivity index (χ4v) is 2.66. The van der Waals surface area contributed by atoms with Crippen molar-refractivity contribution in [1.29, 1.82) is 0 Å². The standard InChI is InChI=1S/C20H16N4O2/c25-20(24-18-5-1-3-15-4-2-9-21-19(15)18)23-12-14-6-7-17(22-11-14)16-8-10-26-13-16/h1-11,13H,12H2,(H2,23,24,25). The molecule has 4 rings (SSSR count). The number of anilines is 1. The van der Waals surface area contributed by atoms with Gasteiger partial charge in [0.25, 0.3) is 0 Å². The zero-order valence-electron chi connectivity index (χ0n) is 13.8. The minimum absolute atomic E-state index is 0.290. The number of nitrogens with zero attached hydrogens (tertiary/aromatic N) is 2. The van der Waals surface area contributed by atoms with Gasteiger partial charge < -0.3 is 15.1 Å². The van der Waals surface area contributed by atoms with Crippen molar-refractivity contribution in [3.05, 3.63) is 79.0 Å². The first-order valence-corrected chi connectivity index (χ1v) is 8.16. The molecule has 2 amide bonds. The van der Waals surface area contributed by atoms with Crippen LogP contribution >= 0.6 is 0 Å². The van der Waals surface area contributed by atoms with Gasteiger partial charge in [0.05, 0.1) is 29.4 Å². The highest BCUT2D eigenvalue weighted by Gasteiger charge is 2.07. The summed E-state index contributed by atoms with van der Waals surface area (Å²) in [7, 11) is 0. The van der Waals surface area contributed by atoms with Crippen LogP contribution in [0.1, 0.15) is 5.56 Å². The maximum Gasteiger partial charge on any atom is 0.319 e. The number of pyridine rings is 2. The Labute approximate surface area is 149 Å². The number of urea groups is 1. The summed E-state index contributed by atoms with van der Waals surface area (Å²) in [4.78, 5) is 20.9. The molecule has 4 aromatic rings. The lowest BCUT2D eigenvalue weighted by Crippen LogP contribution is -2.28. The van der Waals surface area contributed by atoms with Gasteiger partial charge in [-0.3, -0.25) is 9.97 Å². The number of rotatable bonds is 4. The number of furan rings is 1. The van der Waals surface area contributed by atoms with Gasteiger partial charge in [-0.2, -0.15) is 0 Å². The van der Waals surface area contributed by atoms with E-state index in [9.17, 15) is 4.79 Å². The second-order valence-electron chi connectivity index (χ2n) is 5.75. The lowest BCUT2D eigenvalue weighted by molar-refractivity contribution is 0.252. The molecule has 0 saturated carbocycles. The maximum atomic E-state index is 12.2. The number of carbonyl (C=O) groups excluding carboxylic acids is 1. The predicted octanol–water partition coefficient (Wildman–Crippen LogP) is 4.21. The van der Waals surface area contributed by atoms with E-state index >= 15 is 0 Å². The minimum Gasteiger partial charge on any atom is -0.472 e. The molecule has 0 aliphatic rings. The van der Waals surface area contributed by atoms with E-state index in [1.165, 1.54) is 0 Å². The quantitative estimate of drug-likeness (QED) is 0.581. The molecule has 0 saturated heterocycles. The van der Waals surface area contributed by atoms with Gasteiger partial charge in [-0.1, -0.05) is 24.3 Å². The van der Waals surface area contributed by atoms with Crippen LogP contribution in [0.3, 0.4) is 0 Å². The molecule has 1 aromatic carbocycles. The van der Waals surface area contributed by atoms with E-state index in [-0.39, 0.29) is 6.03 Å². The summed E-state index contributed by atoms with van der Waals surface area (Å²) >= 11 is 0. The van der Waals surface area contributed by atoms with E-state index in [1.54, 1.807) is 24.9 Å². The third kappa shape index (κ3) is 3.39. The first-order chi connectivity index (χ1) is 12.8. The topological polar surface area (TPSA) is 80.0 Å². The van der Waals surface area contributed by atoms with E-state index in [0.717, 1.165) is 27.7 Å². The molecule has 0 bridgehead atoms. The number of nitrogens with one attached hydrogen (secondary N) is 2. The highest BCUT2D eigenvalue weighted by atomic mass is 16.3. The largest absolute Gasteiger partial charge is 0.472 e. The lowest BCUT2D eigenvalue weighted by atomic mass is 10.2. The first-order valence-electron chi connectivity index (χ1n) is 8.16. The number of carbonyl (C=O) groups is 1. The van der Waals surface area contributed by atoms with Gasteiger partial charge in [0.15, 0.2) is 0 Å². The van der Waals surface area contributed by atoms with Crippen molar-refractivity contribution in [2.75, 3.05) is 5.32 Å². The van der Waals surface area contributed by atoms with Crippen LogP contribution in [0.5, 0.6) is 0 Å². The van der Waals surface area contributed by atoms with Gasteiger partial charge in [0.2, 0.25) is 0 Å². The third-order valence-electron chi connectivity index (χ3n) is 3.98. The smallest absolute Gasteiger partial charge is 0.319 e. The van der Waals surface area contributed by atoms with Crippen LogP contribution in [0.15, 0.2) is 77.9 Å². The second-order valence-corrected chi connectivity index (χ2v) is 5.75. The zero-order chi connectivity index (χ0) is 17.8. The Bertz CT molecular complexity index is 1020. The van der Waals surface area contributed by atoms with Gasteiger partial charge >= 0.3 is 6.03 Å². The van der Waals surface area contributed by atoms with Crippen molar-refractivity contribution < 1.29 is 9.21 Å². The summed E-state index contributed by atoms with van der Waals surface area (Å²) in [5.74, 6) is 0. The highest BCUT2D eigenvalue weighted by molar-refractivity contribution is 5.99. The number of benzene rings is 1. The number of aromatic nitrogens is 2. The second kappa shape index (κ2) is 7.06. The van der Waals surface area contributed by atoms with Crippen molar-refractivity contribution in [1.82, 2.24) is 15.3 Å². The molecule has 3 aromatic heterocycles. The van der Waals surface area contributed by atoms with E-state index in [2.05, 4.69) is 20.6 Å². The Hall–Kier alpha value is -3.67. The summed E-state index contributed by atoms with van der Waals surface area (Å²) in [6, 6.07) is 14.9. The van der Waals surface area contributed by atoms with Crippen molar-refractivity contribution in [3.8, 4) is 11.3 Å². The van der Waals surface area contributed by atoms with Crippen molar-refractivity contribution in [2.45, 2.75) is 6.54 Å². The Balaban J connectivity index is 1.39. The molecule has 0 radical (unpaired) electrons. The maximum absolute atomic E-state index is 12.2. The zero-order valence-corrected chi connectivity index (χ0v) is 13.8. The molecule has 0 spiro atoms. The van der Waals surface area contributed by atoms with Crippen LogP contribution in [-0.2, 0) is 6.54 Å². The summed E-state index contributed by atoms with van der Waals surface area (Å²) in [6.07, 6.45) is 6.70. The van der Waals surface area contributed by atoms with Crippen LogP contribution in [0, 0.1) is 0 Å². The molecule has 6 heteroatoms. The average molecular weight is 344 g/mol. The summed E-state index contributed by atoms with van der Waals surface area (Å²) in [6.45, 7) is 0.378. The van der Waals surface area contributed by atoms with E-state index in [1.807, 2.05) is 48.5 Å². The van der Waals surface area contributed by atoms with Crippen molar-refractivity contribution in [3.63, 3.8) is 0 Å². The molecular weight excluding hydrogens is 328 g/mol. The molecule has 26 heavy (non-hydrogen) atoms. The van der Waals surface area contributed by atoms with Gasteiger partial charge in [-0.25, -0.2) is 4.79 Å². The molecule has 2 N–H and O–H groups in total. The molecule has 0 fully saturated rings. The Morgan fingerprint density at radius 2 is 1.96 bits per heavy atom. The molecule has 6 nitrogen and oxygen atoms in total. The summed E-state index contributed by atoms with van der Waals surface area (Å²) < 4.78 is 5.05. The molecule has 128 valence electrons. The number of fused-ring (bicyclic) bond motifs is 1. The summed E-state index contributed by atoms with van der Waals surface area (Å²) in [5, 5.41) is 6.65. The fraction of sp³-hybridized carbons (Fsp3) is 0.0500. The van der Waals surface area contributed by atoms with E-state index < -0.39 is 0 Å². The van der Waals surface area contributed by atoms with Crippen LogP contribution in [0.2, 0.25) is 0 Å². The van der Waals surface area contributed by atoms with Gasteiger partial charge in [-0.15, -0.1) is 0 Å². The van der Waals surface area contributed by atoms with E-state index in [4.69, 9.17) is 4.42 Å². The fourth-order valence-electron chi connectivity index (χ4n) is 2.66. The molecule has 0 atom stereocenters. The van der Waals surface area contributed by atoms with Crippen molar-refractivity contribution in [2.24, 2.45) is 0 Å². The molecule has 3 heterocycles. The Morgan fingerprint density at radius 3 is 2.77 bits per heavy atom. The predicted molar refractivity (Wildman–Crippen MR) is 99.5 cm³/mol. The monoisotopic (exact) mass is 344 g/mol. The molecule has 0 unspecified atom stereocenters.